The summed E-state index contributed by atoms with van der Waals surface area (Å²) >= 11 is 0. The summed E-state index contributed by atoms with van der Waals surface area (Å²) in [5, 5.41) is 11.4. The van der Waals surface area contributed by atoms with Crippen molar-refractivity contribution in [3.63, 3.8) is 0 Å². The molecule has 0 fully saturated rings. The van der Waals surface area contributed by atoms with Crippen LogP contribution in [0.25, 0.3) is 11.0 Å². The van der Waals surface area contributed by atoms with Crippen molar-refractivity contribution in [2.45, 2.75) is 25.9 Å². The summed E-state index contributed by atoms with van der Waals surface area (Å²) in [6, 6.07) is 25.0. The van der Waals surface area contributed by atoms with Crippen LogP contribution in [0.4, 0.5) is 17.5 Å². The summed E-state index contributed by atoms with van der Waals surface area (Å²) in [5.41, 5.74) is 11.4. The zero-order chi connectivity index (χ0) is 24.5. The lowest BCUT2D eigenvalue weighted by Gasteiger charge is -2.37. The molecule has 8 heteroatoms. The first-order chi connectivity index (χ1) is 17.6. The van der Waals surface area contributed by atoms with Gasteiger partial charge >= 0.3 is 0 Å². The number of H-pyrrole nitrogens is 1. The highest BCUT2D eigenvalue weighted by Gasteiger charge is 2.26. The highest BCUT2D eigenvalue weighted by molar-refractivity contribution is 5.87. The summed E-state index contributed by atoms with van der Waals surface area (Å²) in [5.74, 6) is 2.60. The predicted molar refractivity (Wildman–Crippen MR) is 142 cm³/mol. The standard InChI is InChI=1S/C28H27N7O/c1-18-10-12-22(13-11-18)36-25-9-5-3-7-20(25)16-35-17-21(14-19-6-2-4-8-24(19)35)31-26-23-15-30-34-27(23)33-28(29)32-26/h2-13,15,21H,14,16-17H2,1H3,(H4,29,30,31,32,33,34). The third-order valence-corrected chi connectivity index (χ3v) is 6.49. The molecule has 1 aliphatic rings. The van der Waals surface area contributed by atoms with Crippen LogP contribution in [0.1, 0.15) is 16.7 Å². The molecule has 8 nitrogen and oxygen atoms in total. The summed E-state index contributed by atoms with van der Waals surface area (Å²) in [6.45, 7) is 3.58. The second-order valence-electron chi connectivity index (χ2n) is 9.14. The number of aryl methyl sites for hydroxylation is 1. The number of anilines is 3. The lowest BCUT2D eigenvalue weighted by molar-refractivity contribution is 0.474. The molecule has 0 bridgehead atoms. The zero-order valence-electron chi connectivity index (χ0n) is 20.0. The Balaban J connectivity index is 1.28. The van der Waals surface area contributed by atoms with Crippen LogP contribution >= 0.6 is 0 Å². The smallest absolute Gasteiger partial charge is 0.224 e. The molecule has 1 unspecified atom stereocenters. The number of nitrogens with one attached hydrogen (secondary N) is 2. The highest BCUT2D eigenvalue weighted by atomic mass is 16.5. The molecular weight excluding hydrogens is 450 g/mol. The van der Waals surface area contributed by atoms with Crippen LogP contribution in [-0.2, 0) is 13.0 Å². The zero-order valence-corrected chi connectivity index (χ0v) is 20.0. The molecule has 0 saturated heterocycles. The van der Waals surface area contributed by atoms with Crippen molar-refractivity contribution in [3.8, 4) is 11.5 Å². The maximum Gasteiger partial charge on any atom is 0.224 e. The minimum Gasteiger partial charge on any atom is -0.457 e. The quantitative estimate of drug-likeness (QED) is 0.313. The van der Waals surface area contributed by atoms with Crippen LogP contribution in [0.5, 0.6) is 11.5 Å². The Bertz CT molecular complexity index is 1510. The van der Waals surface area contributed by atoms with Crippen LogP contribution in [-0.4, -0.2) is 32.8 Å². The number of hydrogen-bond acceptors (Lipinski definition) is 7. The monoisotopic (exact) mass is 477 g/mol. The average molecular weight is 478 g/mol. The fourth-order valence-electron chi connectivity index (χ4n) is 4.76. The lowest BCUT2D eigenvalue weighted by Crippen LogP contribution is -2.42. The van der Waals surface area contributed by atoms with Gasteiger partial charge in [-0.15, -0.1) is 0 Å². The van der Waals surface area contributed by atoms with Crippen molar-refractivity contribution in [2.24, 2.45) is 0 Å². The summed E-state index contributed by atoms with van der Waals surface area (Å²) in [7, 11) is 0. The maximum atomic E-state index is 6.29. The van der Waals surface area contributed by atoms with Gasteiger partial charge in [-0.05, 0) is 43.2 Å². The van der Waals surface area contributed by atoms with Crippen LogP contribution in [0.15, 0.2) is 79.0 Å². The molecule has 3 heterocycles. The number of nitrogen functional groups attached to an aromatic ring is 1. The number of fused-ring (bicyclic) bond motifs is 2. The number of nitrogens with two attached hydrogens (primary N) is 1. The van der Waals surface area contributed by atoms with Gasteiger partial charge < -0.3 is 20.7 Å². The minimum atomic E-state index is 0.123. The second-order valence-corrected chi connectivity index (χ2v) is 9.14. The van der Waals surface area contributed by atoms with Gasteiger partial charge in [-0.2, -0.15) is 15.1 Å². The predicted octanol–water partition coefficient (Wildman–Crippen LogP) is 5.08. The molecule has 0 aliphatic carbocycles. The third-order valence-electron chi connectivity index (χ3n) is 6.49. The molecule has 6 rings (SSSR count). The van der Waals surface area contributed by atoms with Crippen molar-refractivity contribution in [1.82, 2.24) is 20.2 Å². The number of benzene rings is 3. The number of aromatic amines is 1. The van der Waals surface area contributed by atoms with Crippen molar-refractivity contribution in [2.75, 3.05) is 22.5 Å². The third kappa shape index (κ3) is 4.40. The Kier molecular flexibility index (Phi) is 5.61. The van der Waals surface area contributed by atoms with Gasteiger partial charge in [0, 0.05) is 30.4 Å². The van der Waals surface area contributed by atoms with Crippen LogP contribution in [0, 0.1) is 6.92 Å². The van der Waals surface area contributed by atoms with E-state index >= 15 is 0 Å². The Labute approximate surface area is 209 Å². The molecule has 5 aromatic rings. The van der Waals surface area contributed by atoms with E-state index in [1.165, 1.54) is 16.8 Å². The largest absolute Gasteiger partial charge is 0.457 e. The van der Waals surface area contributed by atoms with E-state index in [9.17, 15) is 0 Å². The van der Waals surface area contributed by atoms with Crippen molar-refractivity contribution < 1.29 is 4.74 Å². The van der Waals surface area contributed by atoms with E-state index in [2.05, 4.69) is 85.8 Å². The maximum absolute atomic E-state index is 6.29. The van der Waals surface area contributed by atoms with Crippen LogP contribution < -0.4 is 20.7 Å². The van der Waals surface area contributed by atoms with Gasteiger partial charge in [-0.1, -0.05) is 54.1 Å². The molecule has 0 spiro atoms. The van der Waals surface area contributed by atoms with E-state index in [1.807, 2.05) is 24.3 Å². The van der Waals surface area contributed by atoms with E-state index in [1.54, 1.807) is 6.20 Å². The van der Waals surface area contributed by atoms with Crippen molar-refractivity contribution in [1.29, 1.82) is 0 Å². The van der Waals surface area contributed by atoms with Crippen molar-refractivity contribution >= 4 is 28.5 Å². The molecule has 180 valence electrons. The van der Waals surface area contributed by atoms with Gasteiger partial charge in [-0.25, -0.2) is 0 Å². The Morgan fingerprint density at radius 3 is 2.72 bits per heavy atom. The first kappa shape index (κ1) is 21.9. The molecule has 0 radical (unpaired) electrons. The van der Waals surface area contributed by atoms with E-state index in [-0.39, 0.29) is 12.0 Å². The number of ether oxygens (including phenoxy) is 1. The Hall–Kier alpha value is -4.59. The van der Waals surface area contributed by atoms with Gasteiger partial charge in [-0.3, -0.25) is 5.10 Å². The number of para-hydroxylation sites is 2. The molecule has 3 aromatic carbocycles. The fourth-order valence-corrected chi connectivity index (χ4v) is 4.76. The number of nitrogens with zero attached hydrogens (tertiary/aromatic N) is 4. The molecule has 36 heavy (non-hydrogen) atoms. The van der Waals surface area contributed by atoms with Gasteiger partial charge in [0.25, 0.3) is 0 Å². The van der Waals surface area contributed by atoms with Gasteiger partial charge in [0.1, 0.15) is 17.3 Å². The van der Waals surface area contributed by atoms with Crippen LogP contribution in [0.3, 0.4) is 0 Å². The first-order valence-electron chi connectivity index (χ1n) is 12.0. The van der Waals surface area contributed by atoms with Crippen LogP contribution in [0.2, 0.25) is 0 Å². The number of hydrogen-bond donors (Lipinski definition) is 3. The minimum absolute atomic E-state index is 0.123. The molecule has 1 atom stereocenters. The normalized spacial score (nSPS) is 15.0. The molecule has 1 aliphatic heterocycles. The second kappa shape index (κ2) is 9.22. The molecule has 4 N–H and O–H groups in total. The molecule has 0 saturated carbocycles. The van der Waals surface area contributed by atoms with E-state index in [0.29, 0.717) is 18.0 Å². The van der Waals surface area contributed by atoms with Gasteiger partial charge in [0.05, 0.1) is 11.6 Å². The first-order valence-corrected chi connectivity index (χ1v) is 12.0. The molecule has 0 amide bonds. The topological polar surface area (TPSA) is 105 Å². The lowest BCUT2D eigenvalue weighted by atomic mass is 9.97. The van der Waals surface area contributed by atoms with Gasteiger partial charge in [0.15, 0.2) is 5.65 Å². The Morgan fingerprint density at radius 2 is 1.83 bits per heavy atom. The summed E-state index contributed by atoms with van der Waals surface area (Å²) in [6.07, 6.45) is 2.60. The Morgan fingerprint density at radius 1 is 1.03 bits per heavy atom. The average Bonchev–Trinajstić information content (AvgIpc) is 3.35. The molecule has 2 aromatic heterocycles. The highest BCUT2D eigenvalue weighted by Crippen LogP contribution is 2.33. The number of rotatable bonds is 6. The SMILES string of the molecule is Cc1ccc(Oc2ccccc2CN2CC(Nc3nc(N)nc4[nH]ncc34)Cc3ccccc32)cc1. The van der Waals surface area contributed by atoms with E-state index < -0.39 is 0 Å². The van der Waals surface area contributed by atoms with Crippen molar-refractivity contribution in [3.05, 3.63) is 95.7 Å². The van der Waals surface area contributed by atoms with E-state index in [4.69, 9.17) is 10.5 Å². The molecular formula is C28H27N7O. The van der Waals surface area contributed by atoms with Gasteiger partial charge in [0.2, 0.25) is 5.95 Å². The van der Waals surface area contributed by atoms with E-state index in [0.717, 1.165) is 35.4 Å². The summed E-state index contributed by atoms with van der Waals surface area (Å²) < 4.78 is 6.29. The number of aromatic nitrogens is 4. The fraction of sp³-hybridized carbons (Fsp3) is 0.179. The summed E-state index contributed by atoms with van der Waals surface area (Å²) in [4.78, 5) is 11.1.